The lowest BCUT2D eigenvalue weighted by atomic mass is 9.79. The Bertz CT molecular complexity index is 231. The highest BCUT2D eigenvalue weighted by molar-refractivity contribution is 5.72. The Morgan fingerprint density at radius 2 is 1.76 bits per heavy atom. The topological polar surface area (TPSA) is 26.3 Å². The van der Waals surface area contributed by atoms with Gasteiger partial charge in [-0.2, -0.15) is 0 Å². The molecule has 1 saturated carbocycles. The van der Waals surface area contributed by atoms with Crippen LogP contribution in [0.5, 0.6) is 0 Å². The second kappa shape index (κ2) is 7.03. The molecule has 0 unspecified atom stereocenters. The van der Waals surface area contributed by atoms with E-state index in [2.05, 4.69) is 27.7 Å². The molecule has 1 aliphatic carbocycles. The van der Waals surface area contributed by atoms with Crippen molar-refractivity contribution < 1.29 is 9.53 Å². The number of rotatable bonds is 5. The molecule has 0 aromatic heterocycles. The number of hydrogen-bond acceptors (Lipinski definition) is 2. The van der Waals surface area contributed by atoms with Crippen molar-refractivity contribution in [1.29, 1.82) is 0 Å². The normalized spacial score (nSPS) is 25.3. The van der Waals surface area contributed by atoms with Crippen LogP contribution in [0.1, 0.15) is 66.2 Å². The van der Waals surface area contributed by atoms with Gasteiger partial charge in [0.15, 0.2) is 0 Å². The Hall–Kier alpha value is -0.530. The molecule has 0 N–H and O–H groups in total. The van der Waals surface area contributed by atoms with Gasteiger partial charge in [-0.25, -0.2) is 0 Å². The summed E-state index contributed by atoms with van der Waals surface area (Å²) in [6.07, 6.45) is 6.76. The second-order valence-corrected chi connectivity index (χ2v) is 5.68. The molecule has 0 amide bonds. The Kier molecular flexibility index (Phi) is 6.01. The lowest BCUT2D eigenvalue weighted by Crippen LogP contribution is -2.35. The number of carbonyl (C=O) groups excluding carboxylic acids is 1. The Morgan fingerprint density at radius 3 is 2.29 bits per heavy atom. The highest BCUT2D eigenvalue weighted by atomic mass is 16.5. The average Bonchev–Trinajstić information content (AvgIpc) is 2.31. The minimum absolute atomic E-state index is 0.0348. The molecule has 0 aromatic carbocycles. The van der Waals surface area contributed by atoms with E-state index in [0.717, 1.165) is 19.3 Å². The molecule has 0 radical (unpaired) electrons. The molecule has 100 valence electrons. The lowest BCUT2D eigenvalue weighted by Gasteiger charge is -2.34. The van der Waals surface area contributed by atoms with Gasteiger partial charge in [0.05, 0.1) is 5.92 Å². The predicted molar refractivity (Wildman–Crippen MR) is 70.7 cm³/mol. The van der Waals surface area contributed by atoms with Crippen LogP contribution in [0.25, 0.3) is 0 Å². The molecule has 0 heterocycles. The van der Waals surface area contributed by atoms with Crippen LogP contribution >= 0.6 is 0 Å². The van der Waals surface area contributed by atoms with Crippen molar-refractivity contribution in [3.05, 3.63) is 0 Å². The number of carbonyl (C=O) groups is 1. The molecule has 0 bridgehead atoms. The van der Waals surface area contributed by atoms with Gasteiger partial charge in [-0.1, -0.05) is 34.1 Å². The fourth-order valence-corrected chi connectivity index (χ4v) is 2.90. The third-order valence-corrected chi connectivity index (χ3v) is 4.20. The summed E-state index contributed by atoms with van der Waals surface area (Å²) in [4.78, 5) is 12.0. The first-order chi connectivity index (χ1) is 8.10. The summed E-state index contributed by atoms with van der Waals surface area (Å²) < 4.78 is 5.77. The summed E-state index contributed by atoms with van der Waals surface area (Å²) >= 11 is 0. The predicted octanol–water partition coefficient (Wildman–Crippen LogP) is 4.18. The Balaban J connectivity index is 2.55. The van der Waals surface area contributed by atoms with E-state index in [0.29, 0.717) is 11.8 Å². The fraction of sp³-hybridized carbons (Fsp3) is 0.933. The molecule has 2 atom stereocenters. The van der Waals surface area contributed by atoms with Crippen LogP contribution in [-0.4, -0.2) is 12.1 Å². The summed E-state index contributed by atoms with van der Waals surface area (Å²) in [5.74, 6) is 1.33. The van der Waals surface area contributed by atoms with Crippen LogP contribution in [-0.2, 0) is 9.53 Å². The van der Waals surface area contributed by atoms with E-state index in [9.17, 15) is 4.79 Å². The summed E-state index contributed by atoms with van der Waals surface area (Å²) in [6.45, 7) is 8.62. The van der Waals surface area contributed by atoms with Gasteiger partial charge < -0.3 is 4.74 Å². The standard InChI is InChI=1S/C15H28O2/c1-5-12(6-2)15(16)17-14-10-8-7-9-13(14)11(3)4/h11-14H,5-10H2,1-4H3/t13-,14-/m0/s1. The molecule has 1 fully saturated rings. The minimum Gasteiger partial charge on any atom is -0.462 e. The van der Waals surface area contributed by atoms with Crippen LogP contribution in [0.4, 0.5) is 0 Å². The zero-order valence-corrected chi connectivity index (χ0v) is 11.9. The van der Waals surface area contributed by atoms with E-state index in [1.54, 1.807) is 0 Å². The smallest absolute Gasteiger partial charge is 0.309 e. The molecular weight excluding hydrogens is 212 g/mol. The molecule has 1 aliphatic rings. The largest absolute Gasteiger partial charge is 0.462 e. The average molecular weight is 240 g/mol. The SMILES string of the molecule is CCC(CC)C(=O)O[C@H]1CCCC[C@H]1C(C)C. The maximum atomic E-state index is 12.0. The van der Waals surface area contributed by atoms with Gasteiger partial charge in [0.1, 0.15) is 6.10 Å². The van der Waals surface area contributed by atoms with Crippen molar-refractivity contribution in [2.24, 2.45) is 17.8 Å². The van der Waals surface area contributed by atoms with Gasteiger partial charge in [-0.05, 0) is 43.9 Å². The van der Waals surface area contributed by atoms with Gasteiger partial charge in [0.25, 0.3) is 0 Å². The van der Waals surface area contributed by atoms with Crippen molar-refractivity contribution in [1.82, 2.24) is 0 Å². The van der Waals surface area contributed by atoms with Crippen molar-refractivity contribution in [2.45, 2.75) is 72.3 Å². The van der Waals surface area contributed by atoms with Crippen LogP contribution in [0.2, 0.25) is 0 Å². The first-order valence-electron chi connectivity index (χ1n) is 7.30. The number of ether oxygens (including phenoxy) is 1. The fourth-order valence-electron chi connectivity index (χ4n) is 2.90. The molecule has 0 aliphatic heterocycles. The van der Waals surface area contributed by atoms with E-state index in [1.807, 2.05) is 0 Å². The van der Waals surface area contributed by atoms with Gasteiger partial charge in [0.2, 0.25) is 0 Å². The van der Waals surface area contributed by atoms with Crippen LogP contribution in [0, 0.1) is 17.8 Å². The zero-order chi connectivity index (χ0) is 12.8. The highest BCUT2D eigenvalue weighted by Crippen LogP contribution is 2.33. The number of hydrogen-bond donors (Lipinski definition) is 0. The first-order valence-corrected chi connectivity index (χ1v) is 7.30. The van der Waals surface area contributed by atoms with Crippen molar-refractivity contribution in [2.75, 3.05) is 0 Å². The van der Waals surface area contributed by atoms with E-state index < -0.39 is 0 Å². The van der Waals surface area contributed by atoms with Gasteiger partial charge in [0, 0.05) is 0 Å². The second-order valence-electron chi connectivity index (χ2n) is 5.68. The molecule has 0 aromatic rings. The third-order valence-electron chi connectivity index (χ3n) is 4.20. The minimum atomic E-state index is 0.0348. The monoisotopic (exact) mass is 240 g/mol. The molecular formula is C15H28O2. The van der Waals surface area contributed by atoms with E-state index >= 15 is 0 Å². The van der Waals surface area contributed by atoms with Gasteiger partial charge >= 0.3 is 5.97 Å². The Morgan fingerprint density at radius 1 is 1.18 bits per heavy atom. The lowest BCUT2D eigenvalue weighted by molar-refractivity contribution is -0.160. The molecule has 17 heavy (non-hydrogen) atoms. The molecule has 2 heteroatoms. The van der Waals surface area contributed by atoms with E-state index in [4.69, 9.17) is 4.74 Å². The van der Waals surface area contributed by atoms with Crippen LogP contribution in [0.15, 0.2) is 0 Å². The van der Waals surface area contributed by atoms with Crippen molar-refractivity contribution >= 4 is 5.97 Å². The zero-order valence-electron chi connectivity index (χ0n) is 11.9. The molecule has 0 saturated heterocycles. The summed E-state index contributed by atoms with van der Waals surface area (Å²) in [6, 6.07) is 0. The van der Waals surface area contributed by atoms with Gasteiger partial charge in [-0.15, -0.1) is 0 Å². The van der Waals surface area contributed by atoms with Crippen LogP contribution < -0.4 is 0 Å². The van der Waals surface area contributed by atoms with Crippen molar-refractivity contribution in [3.8, 4) is 0 Å². The highest BCUT2D eigenvalue weighted by Gasteiger charge is 2.31. The summed E-state index contributed by atoms with van der Waals surface area (Å²) in [5, 5.41) is 0. The summed E-state index contributed by atoms with van der Waals surface area (Å²) in [7, 11) is 0. The van der Waals surface area contributed by atoms with E-state index in [1.165, 1.54) is 19.3 Å². The number of esters is 1. The summed E-state index contributed by atoms with van der Waals surface area (Å²) in [5.41, 5.74) is 0. The van der Waals surface area contributed by atoms with Crippen LogP contribution in [0.3, 0.4) is 0 Å². The third kappa shape index (κ3) is 4.01. The van der Waals surface area contributed by atoms with Crippen molar-refractivity contribution in [3.63, 3.8) is 0 Å². The molecule has 1 rings (SSSR count). The molecule has 0 spiro atoms. The first kappa shape index (κ1) is 14.5. The molecule has 2 nitrogen and oxygen atoms in total. The maximum absolute atomic E-state index is 12.0. The van der Waals surface area contributed by atoms with E-state index in [-0.39, 0.29) is 18.0 Å². The maximum Gasteiger partial charge on any atom is 0.309 e. The quantitative estimate of drug-likeness (QED) is 0.674. The van der Waals surface area contributed by atoms with Gasteiger partial charge in [-0.3, -0.25) is 4.79 Å². The Labute approximate surface area is 106 Å².